The van der Waals surface area contributed by atoms with Crippen molar-refractivity contribution >= 4 is 23.2 Å². The van der Waals surface area contributed by atoms with Crippen molar-refractivity contribution in [1.29, 1.82) is 0 Å². The number of amides is 1. The van der Waals surface area contributed by atoms with Gasteiger partial charge in [-0.15, -0.1) is 0 Å². The van der Waals surface area contributed by atoms with Gasteiger partial charge < -0.3 is 10.2 Å². The molecule has 0 spiro atoms. The fourth-order valence-electron chi connectivity index (χ4n) is 2.65. The highest BCUT2D eigenvalue weighted by Crippen LogP contribution is 2.19. The molecule has 1 aromatic carbocycles. The highest BCUT2D eigenvalue weighted by atomic mass is 35.5. The number of anilines is 1. The second-order valence-corrected chi connectivity index (χ2v) is 5.93. The van der Waals surface area contributed by atoms with Gasteiger partial charge in [0.1, 0.15) is 0 Å². The molecule has 0 aliphatic carbocycles. The first-order valence-corrected chi connectivity index (χ1v) is 7.34. The zero-order chi connectivity index (χ0) is 13.8. The summed E-state index contributed by atoms with van der Waals surface area (Å²) in [6.07, 6.45) is 3.74. The number of rotatable bonds is 3. The minimum Gasteiger partial charge on any atom is -0.325 e. The number of hydrogen-bond donors (Lipinski definition) is 2. The molecule has 0 bridgehead atoms. The lowest BCUT2D eigenvalue weighted by atomic mass is 10.0. The molecule has 2 rings (SSSR count). The zero-order valence-corrected chi connectivity index (χ0v) is 12.4. The summed E-state index contributed by atoms with van der Waals surface area (Å²) >= 11 is 5.96. The molecule has 3 nitrogen and oxygen atoms in total. The first-order chi connectivity index (χ1) is 9.06. The summed E-state index contributed by atoms with van der Waals surface area (Å²) in [7, 11) is 0. The lowest BCUT2D eigenvalue weighted by Crippen LogP contribution is -3.17. The van der Waals surface area contributed by atoms with Gasteiger partial charge in [-0.05, 0) is 50.8 Å². The van der Waals surface area contributed by atoms with Gasteiger partial charge in [0.05, 0.1) is 12.6 Å². The van der Waals surface area contributed by atoms with Crippen molar-refractivity contribution in [3.05, 3.63) is 28.8 Å². The average molecular weight is 282 g/mol. The van der Waals surface area contributed by atoms with Crippen molar-refractivity contribution < 1.29 is 9.69 Å². The van der Waals surface area contributed by atoms with Crippen molar-refractivity contribution in [3.8, 4) is 0 Å². The molecule has 1 heterocycles. The summed E-state index contributed by atoms with van der Waals surface area (Å²) in [4.78, 5) is 13.5. The van der Waals surface area contributed by atoms with E-state index in [9.17, 15) is 4.79 Å². The average Bonchev–Trinajstić information content (AvgIpc) is 2.37. The van der Waals surface area contributed by atoms with E-state index in [1.54, 1.807) is 0 Å². The first-order valence-electron chi connectivity index (χ1n) is 6.97. The Kier molecular flexibility index (Phi) is 4.83. The number of likely N-dealkylation sites (tertiary alicyclic amines) is 1. The van der Waals surface area contributed by atoms with Crippen LogP contribution in [0.1, 0.15) is 31.7 Å². The minimum atomic E-state index is 0.0779. The number of halogens is 1. The second-order valence-electron chi connectivity index (χ2n) is 5.49. The number of piperidine rings is 1. The van der Waals surface area contributed by atoms with Crippen LogP contribution >= 0.6 is 11.6 Å². The third-order valence-corrected chi connectivity index (χ3v) is 4.18. The maximum Gasteiger partial charge on any atom is 0.279 e. The minimum absolute atomic E-state index is 0.0779. The van der Waals surface area contributed by atoms with E-state index in [-0.39, 0.29) is 5.91 Å². The van der Waals surface area contributed by atoms with Gasteiger partial charge in [0.15, 0.2) is 6.54 Å². The van der Waals surface area contributed by atoms with Crippen LogP contribution in [0.15, 0.2) is 18.2 Å². The van der Waals surface area contributed by atoms with Gasteiger partial charge in [-0.2, -0.15) is 0 Å². The smallest absolute Gasteiger partial charge is 0.279 e. The summed E-state index contributed by atoms with van der Waals surface area (Å²) in [5, 5.41) is 3.63. The molecule has 1 unspecified atom stereocenters. The number of quaternary nitrogens is 1. The van der Waals surface area contributed by atoms with Crippen molar-refractivity contribution in [3.63, 3.8) is 0 Å². The molecule has 4 heteroatoms. The summed E-state index contributed by atoms with van der Waals surface area (Å²) < 4.78 is 0. The van der Waals surface area contributed by atoms with Crippen LogP contribution in [0.3, 0.4) is 0 Å². The number of nitrogens with one attached hydrogen (secondary N) is 2. The van der Waals surface area contributed by atoms with Gasteiger partial charge in [-0.1, -0.05) is 17.7 Å². The van der Waals surface area contributed by atoms with Crippen molar-refractivity contribution in [2.45, 2.75) is 39.2 Å². The molecule has 1 amide bonds. The van der Waals surface area contributed by atoms with E-state index in [1.165, 1.54) is 24.2 Å². The van der Waals surface area contributed by atoms with Crippen LogP contribution in [-0.4, -0.2) is 25.0 Å². The van der Waals surface area contributed by atoms with Crippen LogP contribution in [0, 0.1) is 6.92 Å². The monoisotopic (exact) mass is 281 g/mol. The Hall–Kier alpha value is -1.06. The van der Waals surface area contributed by atoms with Crippen LogP contribution < -0.4 is 10.2 Å². The molecule has 0 aromatic heterocycles. The van der Waals surface area contributed by atoms with E-state index in [2.05, 4.69) is 12.2 Å². The Bertz CT molecular complexity index is 461. The molecule has 2 N–H and O–H groups in total. The van der Waals surface area contributed by atoms with Crippen LogP contribution in [0.4, 0.5) is 5.69 Å². The largest absolute Gasteiger partial charge is 0.325 e. The molecule has 19 heavy (non-hydrogen) atoms. The molecule has 104 valence electrons. The highest BCUT2D eigenvalue weighted by molar-refractivity contribution is 6.31. The molecule has 0 saturated carbocycles. The molecule has 1 aliphatic heterocycles. The molecule has 2 atom stereocenters. The molecule has 1 aromatic rings. The van der Waals surface area contributed by atoms with E-state index in [0.29, 0.717) is 17.6 Å². The van der Waals surface area contributed by atoms with Crippen molar-refractivity contribution in [2.75, 3.05) is 18.4 Å². The predicted molar refractivity (Wildman–Crippen MR) is 78.8 cm³/mol. The molecule has 1 aliphatic rings. The molecular formula is C15H22ClN2O+. The molecule has 0 radical (unpaired) electrons. The third kappa shape index (κ3) is 3.95. The van der Waals surface area contributed by atoms with E-state index in [0.717, 1.165) is 17.8 Å². The zero-order valence-electron chi connectivity index (χ0n) is 11.6. The number of benzene rings is 1. The Morgan fingerprint density at radius 3 is 3.00 bits per heavy atom. The van der Waals surface area contributed by atoms with Crippen molar-refractivity contribution in [1.82, 2.24) is 0 Å². The number of aryl methyl sites for hydroxylation is 1. The maximum absolute atomic E-state index is 12.1. The fraction of sp³-hybridized carbons (Fsp3) is 0.533. The number of carbonyl (C=O) groups excluding carboxylic acids is 1. The fourth-order valence-corrected chi connectivity index (χ4v) is 2.82. The first kappa shape index (κ1) is 14.4. The van der Waals surface area contributed by atoms with Crippen LogP contribution in [-0.2, 0) is 4.79 Å². The Labute approximate surface area is 119 Å². The van der Waals surface area contributed by atoms with Gasteiger partial charge in [0.25, 0.3) is 5.91 Å². The maximum atomic E-state index is 12.1. The van der Waals surface area contributed by atoms with Gasteiger partial charge in [-0.25, -0.2) is 0 Å². The highest BCUT2D eigenvalue weighted by Gasteiger charge is 2.24. The normalized spacial score (nSPS) is 23.1. The Morgan fingerprint density at radius 2 is 2.26 bits per heavy atom. The summed E-state index contributed by atoms with van der Waals surface area (Å²) in [6.45, 7) is 5.85. The third-order valence-electron chi connectivity index (χ3n) is 3.94. The lowest BCUT2D eigenvalue weighted by molar-refractivity contribution is -0.920. The predicted octanol–water partition coefficient (Wildman–Crippen LogP) is 2.04. The Morgan fingerprint density at radius 1 is 1.47 bits per heavy atom. The van der Waals surface area contributed by atoms with Gasteiger partial charge in [-0.3, -0.25) is 4.79 Å². The molecule has 1 saturated heterocycles. The summed E-state index contributed by atoms with van der Waals surface area (Å²) in [5.41, 5.74) is 1.86. The second kappa shape index (κ2) is 6.40. The van der Waals surface area contributed by atoms with Gasteiger partial charge in [0.2, 0.25) is 0 Å². The van der Waals surface area contributed by atoms with E-state index >= 15 is 0 Å². The molecule has 1 fully saturated rings. The van der Waals surface area contributed by atoms with Crippen LogP contribution in [0.5, 0.6) is 0 Å². The lowest BCUT2D eigenvalue weighted by Gasteiger charge is -2.29. The summed E-state index contributed by atoms with van der Waals surface area (Å²) in [6, 6.07) is 6.16. The number of hydrogen-bond acceptors (Lipinski definition) is 1. The van der Waals surface area contributed by atoms with Crippen LogP contribution in [0.2, 0.25) is 5.02 Å². The van der Waals surface area contributed by atoms with Gasteiger partial charge in [0, 0.05) is 10.7 Å². The van der Waals surface area contributed by atoms with Crippen LogP contribution in [0.25, 0.3) is 0 Å². The standard InChI is InChI=1S/C15H21ClN2O/c1-11-6-7-13(16)9-14(11)17-15(19)10-18-8-4-3-5-12(18)2/h6-7,9,12H,3-5,8,10H2,1-2H3,(H,17,19)/p+1/t12-/m1/s1. The SMILES string of the molecule is Cc1ccc(Cl)cc1NC(=O)C[NH+]1CCCC[C@H]1C. The number of carbonyl (C=O) groups is 1. The molecular weight excluding hydrogens is 260 g/mol. The van der Waals surface area contributed by atoms with Crippen molar-refractivity contribution in [2.24, 2.45) is 0 Å². The quantitative estimate of drug-likeness (QED) is 0.873. The topological polar surface area (TPSA) is 33.5 Å². The van der Waals surface area contributed by atoms with E-state index < -0.39 is 0 Å². The summed E-state index contributed by atoms with van der Waals surface area (Å²) in [5.74, 6) is 0.0779. The van der Waals surface area contributed by atoms with Gasteiger partial charge >= 0.3 is 0 Å². The van der Waals surface area contributed by atoms with E-state index in [1.807, 2.05) is 25.1 Å². The van der Waals surface area contributed by atoms with E-state index in [4.69, 9.17) is 11.6 Å². The Balaban J connectivity index is 1.95.